The first kappa shape index (κ1) is 31.3. The van der Waals surface area contributed by atoms with Crippen molar-refractivity contribution in [3.8, 4) is 5.75 Å². The van der Waals surface area contributed by atoms with E-state index < -0.39 is 28.5 Å². The molecular formula is C29H33Cl2N3O5S. The molecule has 214 valence electrons. The fraction of sp³-hybridized carbons (Fsp3) is 0.310. The number of carbonyl (C=O) groups is 2. The second-order valence-electron chi connectivity index (χ2n) is 9.23. The fourth-order valence-electron chi connectivity index (χ4n) is 3.94. The number of benzene rings is 3. The third kappa shape index (κ3) is 7.47. The van der Waals surface area contributed by atoms with Crippen LogP contribution in [0, 0.1) is 6.92 Å². The Balaban J connectivity index is 2.05. The highest BCUT2D eigenvalue weighted by atomic mass is 35.5. The van der Waals surface area contributed by atoms with E-state index in [0.717, 1.165) is 21.9 Å². The summed E-state index contributed by atoms with van der Waals surface area (Å²) in [5, 5.41) is 2.94. The Bertz CT molecular complexity index is 1430. The molecule has 3 aromatic carbocycles. The number of hydrogen-bond acceptors (Lipinski definition) is 5. The maximum Gasteiger partial charge on any atom is 0.264 e. The SMILES string of the molecule is CCCNC(=O)[C@H](C)N(Cc1ccc(OC)cc1)C(=O)CN(c1cccc(Cl)c1Cl)S(=O)(=O)c1ccc(C)cc1. The molecule has 0 fully saturated rings. The summed E-state index contributed by atoms with van der Waals surface area (Å²) in [6, 6.07) is 17.0. The van der Waals surface area contributed by atoms with E-state index in [1.165, 1.54) is 29.2 Å². The molecule has 0 aromatic heterocycles. The van der Waals surface area contributed by atoms with Gasteiger partial charge in [0.15, 0.2) is 0 Å². The number of carbonyl (C=O) groups excluding carboxylic acids is 2. The Morgan fingerprint density at radius 3 is 2.25 bits per heavy atom. The van der Waals surface area contributed by atoms with Crippen molar-refractivity contribution < 1.29 is 22.7 Å². The molecule has 0 heterocycles. The summed E-state index contributed by atoms with van der Waals surface area (Å²) in [6.45, 7) is 5.27. The van der Waals surface area contributed by atoms with Crippen molar-refractivity contribution in [2.24, 2.45) is 0 Å². The van der Waals surface area contributed by atoms with Crippen LogP contribution in [0.15, 0.2) is 71.6 Å². The van der Waals surface area contributed by atoms with Crippen molar-refractivity contribution in [3.63, 3.8) is 0 Å². The summed E-state index contributed by atoms with van der Waals surface area (Å²) < 4.78 is 34.0. The van der Waals surface area contributed by atoms with Gasteiger partial charge in [-0.1, -0.05) is 66.0 Å². The monoisotopic (exact) mass is 605 g/mol. The van der Waals surface area contributed by atoms with E-state index in [1.54, 1.807) is 56.5 Å². The molecule has 40 heavy (non-hydrogen) atoms. The maximum atomic E-state index is 13.9. The van der Waals surface area contributed by atoms with Crippen LogP contribution in [0.3, 0.4) is 0 Å². The van der Waals surface area contributed by atoms with E-state index in [4.69, 9.17) is 27.9 Å². The summed E-state index contributed by atoms with van der Waals surface area (Å²) in [5.74, 6) is -0.305. The normalized spacial score (nSPS) is 11.9. The van der Waals surface area contributed by atoms with Gasteiger partial charge in [0.2, 0.25) is 11.8 Å². The molecule has 0 spiro atoms. The number of nitrogens with zero attached hydrogens (tertiary/aromatic N) is 2. The Hall–Kier alpha value is -3.27. The van der Waals surface area contributed by atoms with Gasteiger partial charge in [-0.3, -0.25) is 13.9 Å². The van der Waals surface area contributed by atoms with Crippen molar-refractivity contribution in [2.75, 3.05) is 24.5 Å². The average Bonchev–Trinajstić information content (AvgIpc) is 2.95. The van der Waals surface area contributed by atoms with E-state index in [0.29, 0.717) is 12.3 Å². The number of sulfonamides is 1. The largest absolute Gasteiger partial charge is 0.497 e. The lowest BCUT2D eigenvalue weighted by molar-refractivity contribution is -0.139. The molecule has 1 N–H and O–H groups in total. The van der Waals surface area contributed by atoms with Crippen LogP contribution in [0.25, 0.3) is 0 Å². The molecule has 0 aliphatic carbocycles. The number of nitrogens with one attached hydrogen (secondary N) is 1. The predicted molar refractivity (Wildman–Crippen MR) is 158 cm³/mol. The number of rotatable bonds is 12. The van der Waals surface area contributed by atoms with Crippen LogP contribution in [0.1, 0.15) is 31.4 Å². The smallest absolute Gasteiger partial charge is 0.264 e. The number of ether oxygens (including phenoxy) is 1. The first-order valence-corrected chi connectivity index (χ1v) is 14.9. The highest BCUT2D eigenvalue weighted by Gasteiger charge is 2.33. The molecule has 0 saturated carbocycles. The van der Waals surface area contributed by atoms with E-state index in [-0.39, 0.29) is 33.1 Å². The molecule has 0 aliphatic rings. The Kier molecular flexibility index (Phi) is 10.8. The lowest BCUT2D eigenvalue weighted by Gasteiger charge is -2.32. The van der Waals surface area contributed by atoms with Gasteiger partial charge in [-0.05, 0) is 62.2 Å². The van der Waals surface area contributed by atoms with Crippen molar-refractivity contribution in [1.29, 1.82) is 0 Å². The number of amides is 2. The molecule has 8 nitrogen and oxygen atoms in total. The second kappa shape index (κ2) is 13.9. The highest BCUT2D eigenvalue weighted by molar-refractivity contribution is 7.92. The van der Waals surface area contributed by atoms with Crippen LogP contribution in [-0.2, 0) is 26.2 Å². The Morgan fingerprint density at radius 1 is 1.00 bits per heavy atom. The van der Waals surface area contributed by atoms with E-state index in [1.807, 2.05) is 13.8 Å². The maximum absolute atomic E-state index is 13.9. The molecule has 0 bridgehead atoms. The summed E-state index contributed by atoms with van der Waals surface area (Å²) in [4.78, 5) is 28.2. The number of halogens is 2. The molecule has 2 amide bonds. The zero-order valence-corrected chi connectivity index (χ0v) is 25.2. The number of methoxy groups -OCH3 is 1. The van der Waals surface area contributed by atoms with E-state index in [9.17, 15) is 18.0 Å². The highest BCUT2D eigenvalue weighted by Crippen LogP contribution is 2.35. The van der Waals surface area contributed by atoms with Crippen molar-refractivity contribution in [2.45, 2.75) is 44.7 Å². The minimum absolute atomic E-state index is 0.0110. The molecular weight excluding hydrogens is 573 g/mol. The molecule has 3 aromatic rings. The summed E-state index contributed by atoms with van der Waals surface area (Å²) in [6.07, 6.45) is 0.723. The Morgan fingerprint density at radius 2 is 1.65 bits per heavy atom. The van der Waals surface area contributed by atoms with Crippen LogP contribution in [0.2, 0.25) is 10.0 Å². The van der Waals surface area contributed by atoms with Crippen molar-refractivity contribution in [3.05, 3.63) is 87.9 Å². The van der Waals surface area contributed by atoms with Crippen LogP contribution >= 0.6 is 23.2 Å². The fourth-order valence-corrected chi connectivity index (χ4v) is 5.82. The van der Waals surface area contributed by atoms with Gasteiger partial charge < -0.3 is 15.0 Å². The standard InChI is InChI=1S/C29H33Cl2N3O5S/c1-5-17-32-29(36)21(3)33(18-22-11-13-23(39-4)14-12-22)27(35)19-34(26-8-6-7-25(30)28(26)31)40(37,38)24-15-9-20(2)10-16-24/h6-16,21H,5,17-19H2,1-4H3,(H,32,36)/t21-/m0/s1. The van der Waals surface area contributed by atoms with Gasteiger partial charge in [0.25, 0.3) is 10.0 Å². The van der Waals surface area contributed by atoms with Crippen molar-refractivity contribution in [1.82, 2.24) is 10.2 Å². The van der Waals surface area contributed by atoms with Gasteiger partial charge in [0.1, 0.15) is 18.3 Å². The van der Waals surface area contributed by atoms with E-state index in [2.05, 4.69) is 5.32 Å². The lowest BCUT2D eigenvalue weighted by Crippen LogP contribution is -2.51. The molecule has 0 radical (unpaired) electrons. The zero-order chi connectivity index (χ0) is 29.4. The summed E-state index contributed by atoms with van der Waals surface area (Å²) in [5.41, 5.74) is 1.66. The third-order valence-corrected chi connectivity index (χ3v) is 8.90. The second-order valence-corrected chi connectivity index (χ2v) is 11.9. The van der Waals surface area contributed by atoms with Gasteiger partial charge in [0, 0.05) is 13.1 Å². The molecule has 3 rings (SSSR count). The molecule has 0 unspecified atom stereocenters. The van der Waals surface area contributed by atoms with Crippen LogP contribution in [-0.4, -0.2) is 51.4 Å². The van der Waals surface area contributed by atoms with E-state index >= 15 is 0 Å². The first-order valence-electron chi connectivity index (χ1n) is 12.7. The quantitative estimate of drug-likeness (QED) is 0.296. The van der Waals surface area contributed by atoms with Gasteiger partial charge in [-0.15, -0.1) is 0 Å². The third-order valence-electron chi connectivity index (χ3n) is 6.32. The first-order chi connectivity index (χ1) is 19.0. The summed E-state index contributed by atoms with van der Waals surface area (Å²) in [7, 11) is -2.70. The molecule has 1 atom stereocenters. The van der Waals surface area contributed by atoms with Crippen LogP contribution in [0.4, 0.5) is 5.69 Å². The van der Waals surface area contributed by atoms with Gasteiger partial charge in [0.05, 0.1) is 27.7 Å². The van der Waals surface area contributed by atoms with Gasteiger partial charge >= 0.3 is 0 Å². The van der Waals surface area contributed by atoms with Gasteiger partial charge in [-0.2, -0.15) is 0 Å². The number of anilines is 1. The minimum Gasteiger partial charge on any atom is -0.497 e. The Labute approximate surface area is 245 Å². The predicted octanol–water partition coefficient (Wildman–Crippen LogP) is 5.45. The zero-order valence-electron chi connectivity index (χ0n) is 22.9. The molecule has 11 heteroatoms. The van der Waals surface area contributed by atoms with Crippen LogP contribution < -0.4 is 14.4 Å². The average molecular weight is 607 g/mol. The topological polar surface area (TPSA) is 96.0 Å². The van der Waals surface area contributed by atoms with Gasteiger partial charge in [-0.25, -0.2) is 8.42 Å². The lowest BCUT2D eigenvalue weighted by atomic mass is 10.1. The number of aryl methyl sites for hydroxylation is 1. The van der Waals surface area contributed by atoms with Crippen molar-refractivity contribution >= 4 is 50.7 Å². The number of hydrogen-bond donors (Lipinski definition) is 1. The summed E-state index contributed by atoms with van der Waals surface area (Å²) >= 11 is 12.7. The molecule has 0 saturated heterocycles. The molecule has 0 aliphatic heterocycles. The van der Waals surface area contributed by atoms with Crippen LogP contribution in [0.5, 0.6) is 5.75 Å². The minimum atomic E-state index is -4.26.